The molecular formula is C20H32FNO2. The van der Waals surface area contributed by atoms with Crippen molar-refractivity contribution < 1.29 is 13.9 Å². The lowest BCUT2D eigenvalue weighted by Crippen LogP contribution is -2.20. The third-order valence-electron chi connectivity index (χ3n) is 4.58. The predicted molar refractivity (Wildman–Crippen MR) is 96.7 cm³/mol. The van der Waals surface area contributed by atoms with Crippen molar-refractivity contribution in [2.75, 3.05) is 26.3 Å². The fraction of sp³-hybridized carbons (Fsp3) is 0.700. The number of rotatable bonds is 10. The Kier molecular flexibility index (Phi) is 8.96. The van der Waals surface area contributed by atoms with E-state index < -0.39 is 6.17 Å². The molecule has 1 fully saturated rings. The molecule has 0 spiro atoms. The first-order valence-electron chi connectivity index (χ1n) is 9.48. The second-order valence-electron chi connectivity index (χ2n) is 6.67. The van der Waals surface area contributed by atoms with Gasteiger partial charge in [0.2, 0.25) is 0 Å². The van der Waals surface area contributed by atoms with E-state index in [1.165, 1.54) is 25.7 Å². The summed E-state index contributed by atoms with van der Waals surface area (Å²) >= 11 is 0. The number of halogens is 1. The Bertz CT molecular complexity index is 447. The number of unbranched alkanes of at least 4 members (excludes halogenated alkanes) is 1. The average molecular weight is 337 g/mol. The number of hydrogen-bond donors (Lipinski definition) is 1. The van der Waals surface area contributed by atoms with E-state index in [9.17, 15) is 4.39 Å². The monoisotopic (exact) mass is 337 g/mol. The average Bonchev–Trinajstić information content (AvgIpc) is 2.86. The maximum atomic E-state index is 14.0. The summed E-state index contributed by atoms with van der Waals surface area (Å²) in [5.41, 5.74) is 0. The van der Waals surface area contributed by atoms with Gasteiger partial charge in [0.25, 0.3) is 0 Å². The van der Waals surface area contributed by atoms with Crippen LogP contribution in [0, 0.1) is 5.92 Å². The molecule has 0 amide bonds. The van der Waals surface area contributed by atoms with E-state index in [0.29, 0.717) is 18.8 Å². The number of nitrogens with one attached hydrogen (secondary N) is 1. The quantitative estimate of drug-likeness (QED) is 0.625. The van der Waals surface area contributed by atoms with Crippen molar-refractivity contribution in [2.24, 2.45) is 5.92 Å². The summed E-state index contributed by atoms with van der Waals surface area (Å²) in [5.74, 6) is 2.22. The molecule has 0 radical (unpaired) electrons. The molecular weight excluding hydrogens is 305 g/mol. The second-order valence-corrected chi connectivity index (χ2v) is 6.67. The highest BCUT2D eigenvalue weighted by molar-refractivity contribution is 5.32. The van der Waals surface area contributed by atoms with E-state index >= 15 is 0 Å². The third-order valence-corrected chi connectivity index (χ3v) is 4.58. The van der Waals surface area contributed by atoms with Gasteiger partial charge in [-0.1, -0.05) is 25.3 Å². The summed E-state index contributed by atoms with van der Waals surface area (Å²) in [5, 5.41) is 3.49. The lowest BCUT2D eigenvalue weighted by atomic mass is 9.96. The van der Waals surface area contributed by atoms with Gasteiger partial charge >= 0.3 is 0 Å². The summed E-state index contributed by atoms with van der Waals surface area (Å²) in [6.45, 7) is 4.98. The van der Waals surface area contributed by atoms with Crippen LogP contribution in [0.3, 0.4) is 0 Å². The Labute approximate surface area is 145 Å². The summed E-state index contributed by atoms with van der Waals surface area (Å²) in [4.78, 5) is 0. The normalized spacial score (nSPS) is 19.5. The zero-order valence-electron chi connectivity index (χ0n) is 14.9. The van der Waals surface area contributed by atoms with Crippen LogP contribution >= 0.6 is 0 Å². The van der Waals surface area contributed by atoms with Gasteiger partial charge in [0, 0.05) is 6.07 Å². The van der Waals surface area contributed by atoms with E-state index in [-0.39, 0.29) is 6.61 Å². The van der Waals surface area contributed by atoms with Crippen molar-refractivity contribution in [1.82, 2.24) is 5.32 Å². The molecule has 1 aliphatic rings. The molecule has 2 atom stereocenters. The van der Waals surface area contributed by atoms with Gasteiger partial charge in [0.15, 0.2) is 0 Å². The maximum absolute atomic E-state index is 14.0. The minimum absolute atomic E-state index is 0.126. The van der Waals surface area contributed by atoms with Crippen LogP contribution in [0.25, 0.3) is 0 Å². The molecule has 2 unspecified atom stereocenters. The van der Waals surface area contributed by atoms with Crippen molar-refractivity contribution in [3.05, 3.63) is 24.3 Å². The number of hydrogen-bond acceptors (Lipinski definition) is 3. The van der Waals surface area contributed by atoms with E-state index in [1.807, 2.05) is 31.2 Å². The summed E-state index contributed by atoms with van der Waals surface area (Å²) in [6.07, 6.45) is 6.93. The van der Waals surface area contributed by atoms with Gasteiger partial charge in [-0.15, -0.1) is 0 Å². The molecule has 1 aromatic rings. The third kappa shape index (κ3) is 7.52. The van der Waals surface area contributed by atoms with Crippen molar-refractivity contribution in [3.8, 4) is 11.5 Å². The van der Waals surface area contributed by atoms with Crippen LogP contribution in [-0.4, -0.2) is 32.5 Å². The van der Waals surface area contributed by atoms with Crippen LogP contribution in [0.5, 0.6) is 11.5 Å². The van der Waals surface area contributed by atoms with Crippen LogP contribution in [0.1, 0.15) is 51.9 Å². The lowest BCUT2D eigenvalue weighted by Gasteiger charge is -2.15. The molecule has 0 saturated carbocycles. The Morgan fingerprint density at radius 3 is 2.88 bits per heavy atom. The van der Waals surface area contributed by atoms with Crippen molar-refractivity contribution in [2.45, 2.75) is 58.0 Å². The van der Waals surface area contributed by atoms with Crippen LogP contribution in [-0.2, 0) is 0 Å². The molecule has 24 heavy (non-hydrogen) atoms. The van der Waals surface area contributed by atoms with Crippen molar-refractivity contribution in [1.29, 1.82) is 0 Å². The zero-order chi connectivity index (χ0) is 17.0. The van der Waals surface area contributed by atoms with Gasteiger partial charge in [-0.2, -0.15) is 0 Å². The number of alkyl halides is 1. The SMILES string of the molecule is CCOc1cccc(OCC(F)CCCCC2CCCCNC2)c1. The molecule has 136 valence electrons. The fourth-order valence-electron chi connectivity index (χ4n) is 3.23. The van der Waals surface area contributed by atoms with Crippen LogP contribution in [0.2, 0.25) is 0 Å². The Morgan fingerprint density at radius 2 is 2.04 bits per heavy atom. The maximum Gasteiger partial charge on any atom is 0.134 e. The Balaban J connectivity index is 1.57. The molecule has 1 N–H and O–H groups in total. The molecule has 0 aliphatic carbocycles. The van der Waals surface area contributed by atoms with E-state index in [0.717, 1.165) is 37.6 Å². The smallest absolute Gasteiger partial charge is 0.134 e. The summed E-state index contributed by atoms with van der Waals surface area (Å²) in [7, 11) is 0. The highest BCUT2D eigenvalue weighted by Crippen LogP contribution is 2.21. The van der Waals surface area contributed by atoms with Crippen molar-refractivity contribution in [3.63, 3.8) is 0 Å². The second kappa shape index (κ2) is 11.3. The Morgan fingerprint density at radius 1 is 1.21 bits per heavy atom. The molecule has 4 heteroatoms. The highest BCUT2D eigenvalue weighted by Gasteiger charge is 2.12. The first kappa shape index (κ1) is 19.0. The molecule has 2 rings (SSSR count). The van der Waals surface area contributed by atoms with Gasteiger partial charge in [-0.25, -0.2) is 4.39 Å². The first-order valence-corrected chi connectivity index (χ1v) is 9.48. The van der Waals surface area contributed by atoms with Crippen LogP contribution < -0.4 is 14.8 Å². The van der Waals surface area contributed by atoms with Gasteiger partial charge < -0.3 is 14.8 Å². The van der Waals surface area contributed by atoms with E-state index in [2.05, 4.69) is 5.32 Å². The largest absolute Gasteiger partial charge is 0.494 e. The zero-order valence-corrected chi connectivity index (χ0v) is 14.9. The number of ether oxygens (including phenoxy) is 2. The molecule has 3 nitrogen and oxygen atoms in total. The number of benzene rings is 1. The lowest BCUT2D eigenvalue weighted by molar-refractivity contribution is 0.182. The van der Waals surface area contributed by atoms with Gasteiger partial charge in [-0.05, 0) is 63.7 Å². The first-order chi connectivity index (χ1) is 11.8. The minimum atomic E-state index is -0.895. The standard InChI is InChI=1S/C20H32FNO2/c1-2-23-19-11-7-12-20(14-19)24-16-18(21)10-4-3-8-17-9-5-6-13-22-15-17/h7,11-12,14,17-18,22H,2-6,8-10,13,15-16H2,1H3. The topological polar surface area (TPSA) is 30.5 Å². The van der Waals surface area contributed by atoms with Gasteiger partial charge in [0.05, 0.1) is 6.61 Å². The molecule has 1 saturated heterocycles. The van der Waals surface area contributed by atoms with Gasteiger partial charge in [-0.3, -0.25) is 0 Å². The molecule has 0 bridgehead atoms. The van der Waals surface area contributed by atoms with Crippen LogP contribution in [0.15, 0.2) is 24.3 Å². The van der Waals surface area contributed by atoms with Gasteiger partial charge in [0.1, 0.15) is 24.3 Å². The highest BCUT2D eigenvalue weighted by atomic mass is 19.1. The Hall–Kier alpha value is -1.29. The predicted octanol–water partition coefficient (Wildman–Crippen LogP) is 4.75. The van der Waals surface area contributed by atoms with Crippen molar-refractivity contribution >= 4 is 0 Å². The summed E-state index contributed by atoms with van der Waals surface area (Å²) in [6, 6.07) is 7.41. The van der Waals surface area contributed by atoms with Crippen LogP contribution in [0.4, 0.5) is 4.39 Å². The minimum Gasteiger partial charge on any atom is -0.494 e. The summed E-state index contributed by atoms with van der Waals surface area (Å²) < 4.78 is 25.0. The molecule has 0 aromatic heterocycles. The fourth-order valence-corrected chi connectivity index (χ4v) is 3.23. The van der Waals surface area contributed by atoms with E-state index in [1.54, 1.807) is 0 Å². The molecule has 1 heterocycles. The molecule has 1 aliphatic heterocycles. The molecule has 1 aromatic carbocycles. The van der Waals surface area contributed by atoms with E-state index in [4.69, 9.17) is 9.47 Å².